The van der Waals surface area contributed by atoms with Gasteiger partial charge >= 0.3 is 23.9 Å². The molecule has 2 aromatic carbocycles. The monoisotopic (exact) mass is 680 g/mol. The van der Waals surface area contributed by atoms with E-state index in [9.17, 15) is 19.2 Å². The lowest BCUT2D eigenvalue weighted by atomic mass is 9.78. The molecule has 6 rings (SSSR count). The first-order valence-corrected chi connectivity index (χ1v) is 15.5. The lowest BCUT2D eigenvalue weighted by molar-refractivity contribution is 0.0681. The van der Waals surface area contributed by atoms with Crippen LogP contribution in [0.15, 0.2) is 135 Å². The molecule has 4 heterocycles. The molecule has 51 heavy (non-hydrogen) atoms. The maximum Gasteiger partial charge on any atom is 0.343 e. The Morgan fingerprint density at radius 2 is 0.647 bits per heavy atom. The fourth-order valence-electron chi connectivity index (χ4n) is 4.88. The van der Waals surface area contributed by atoms with E-state index in [1.165, 1.54) is 110 Å². The van der Waals surface area contributed by atoms with Crippen molar-refractivity contribution in [1.29, 1.82) is 0 Å². The van der Waals surface area contributed by atoms with Crippen LogP contribution in [0.4, 0.5) is 0 Å². The molecule has 0 aliphatic carbocycles. The summed E-state index contributed by atoms with van der Waals surface area (Å²) in [6.45, 7) is 3.79. The van der Waals surface area contributed by atoms with Gasteiger partial charge in [-0.25, -0.2) is 19.2 Å². The van der Waals surface area contributed by atoms with Gasteiger partial charge in [0.1, 0.15) is 0 Å². The number of carbonyl (C=O) groups is 4. The van der Waals surface area contributed by atoms with Crippen molar-refractivity contribution in [3.05, 3.63) is 168 Å². The van der Waals surface area contributed by atoms with Crippen LogP contribution in [0.1, 0.15) is 66.4 Å². The molecule has 0 bridgehead atoms. The molecule has 0 N–H and O–H groups in total. The zero-order valence-electron chi connectivity index (χ0n) is 27.3. The molecule has 12 nitrogen and oxygen atoms in total. The summed E-state index contributed by atoms with van der Waals surface area (Å²) in [4.78, 5) is 68.0. The average Bonchev–Trinajstić information content (AvgIpc) is 3.17. The van der Waals surface area contributed by atoms with Gasteiger partial charge in [0.15, 0.2) is 23.0 Å². The second-order valence-electron chi connectivity index (χ2n) is 11.4. The van der Waals surface area contributed by atoms with E-state index in [-0.39, 0.29) is 45.3 Å². The van der Waals surface area contributed by atoms with Crippen molar-refractivity contribution in [3.63, 3.8) is 0 Å². The highest BCUT2D eigenvalue weighted by Gasteiger charge is 2.29. The maximum atomic E-state index is 13.1. The van der Waals surface area contributed by atoms with E-state index in [4.69, 9.17) is 18.9 Å². The Morgan fingerprint density at radius 1 is 0.392 bits per heavy atom. The largest absolute Gasteiger partial charge is 0.419 e. The summed E-state index contributed by atoms with van der Waals surface area (Å²) in [6, 6.07) is 21.7. The Morgan fingerprint density at radius 3 is 0.922 bits per heavy atom. The Bertz CT molecular complexity index is 2040. The number of rotatable bonds is 10. The third-order valence-electron chi connectivity index (χ3n) is 7.81. The molecule has 0 unspecified atom stereocenters. The SMILES string of the molecule is CC(C)(c1ccc(OC(=O)c2ccncc2)c(OC(=O)c2ccncc2)c1)c1ccc(OC(=O)c2ccncc2)c(OC(=O)c2ccncc2)c1. The van der Waals surface area contributed by atoms with Gasteiger partial charge in [-0.3, -0.25) is 19.9 Å². The Hall–Kier alpha value is -7.08. The number of esters is 4. The minimum Gasteiger partial charge on any atom is -0.419 e. The number of pyridine rings is 4. The first kappa shape index (κ1) is 33.8. The normalized spacial score (nSPS) is 10.9. The highest BCUT2D eigenvalue weighted by molar-refractivity contribution is 5.94. The van der Waals surface area contributed by atoms with Gasteiger partial charge in [-0.15, -0.1) is 0 Å². The highest BCUT2D eigenvalue weighted by atomic mass is 16.6. The second kappa shape index (κ2) is 15.0. The molecule has 0 aliphatic rings. The van der Waals surface area contributed by atoms with Gasteiger partial charge in [-0.2, -0.15) is 0 Å². The molecule has 0 saturated carbocycles. The van der Waals surface area contributed by atoms with E-state index >= 15 is 0 Å². The first-order valence-electron chi connectivity index (χ1n) is 15.5. The van der Waals surface area contributed by atoms with Gasteiger partial charge in [0.2, 0.25) is 0 Å². The smallest absolute Gasteiger partial charge is 0.343 e. The minimum absolute atomic E-state index is 0.00381. The van der Waals surface area contributed by atoms with Crippen LogP contribution >= 0.6 is 0 Å². The molecule has 252 valence electrons. The van der Waals surface area contributed by atoms with Crippen molar-refractivity contribution in [1.82, 2.24) is 19.9 Å². The van der Waals surface area contributed by atoms with Gasteiger partial charge in [0.25, 0.3) is 0 Å². The predicted molar refractivity (Wildman–Crippen MR) is 182 cm³/mol. The van der Waals surface area contributed by atoms with Crippen molar-refractivity contribution in [3.8, 4) is 23.0 Å². The van der Waals surface area contributed by atoms with Gasteiger partial charge < -0.3 is 18.9 Å². The summed E-state index contributed by atoms with van der Waals surface area (Å²) in [6.07, 6.45) is 11.7. The summed E-state index contributed by atoms with van der Waals surface area (Å²) in [5, 5.41) is 0. The van der Waals surface area contributed by atoms with Gasteiger partial charge in [0.05, 0.1) is 22.3 Å². The lowest BCUT2D eigenvalue weighted by Crippen LogP contribution is -2.21. The standard InChI is InChI=1S/C39H28N4O8/c1-39(2,29-3-5-31(48-35(44)25-7-15-40-16-8-25)33(23-29)50-37(46)27-11-19-42-20-12-27)30-4-6-32(49-36(45)26-9-17-41-18-10-26)34(24-30)51-38(47)28-13-21-43-22-14-28/h3-24H,1-2H3. The van der Waals surface area contributed by atoms with Crippen molar-refractivity contribution in [2.24, 2.45) is 0 Å². The number of benzene rings is 2. The van der Waals surface area contributed by atoms with Crippen LogP contribution in [0, 0.1) is 0 Å². The molecule has 6 aromatic rings. The van der Waals surface area contributed by atoms with Crippen molar-refractivity contribution in [2.45, 2.75) is 19.3 Å². The number of carbonyl (C=O) groups excluding carboxylic acids is 4. The maximum absolute atomic E-state index is 13.1. The zero-order valence-corrected chi connectivity index (χ0v) is 27.3. The number of nitrogens with zero attached hydrogens (tertiary/aromatic N) is 4. The molecule has 12 heteroatoms. The first-order chi connectivity index (χ1) is 24.7. The quantitative estimate of drug-likeness (QED) is 0.115. The Labute approximate surface area is 291 Å². The summed E-state index contributed by atoms with van der Waals surface area (Å²) < 4.78 is 22.9. The summed E-state index contributed by atoms with van der Waals surface area (Å²) >= 11 is 0. The fraction of sp³-hybridized carbons (Fsp3) is 0.0769. The molecule has 0 saturated heterocycles. The van der Waals surface area contributed by atoms with Crippen molar-refractivity contribution < 1.29 is 38.1 Å². The number of ether oxygens (including phenoxy) is 4. The molecule has 4 aromatic heterocycles. The van der Waals surface area contributed by atoms with E-state index in [0.717, 1.165) is 0 Å². The summed E-state index contributed by atoms with van der Waals surface area (Å²) in [5.41, 5.74) is 1.39. The molecule has 0 spiro atoms. The van der Waals surface area contributed by atoms with Crippen LogP contribution in [0.3, 0.4) is 0 Å². The van der Waals surface area contributed by atoms with Crippen LogP contribution in [0.5, 0.6) is 23.0 Å². The van der Waals surface area contributed by atoms with E-state index in [0.29, 0.717) is 11.1 Å². The summed E-state index contributed by atoms with van der Waals surface area (Å²) in [5.74, 6) is -2.77. The lowest BCUT2D eigenvalue weighted by Gasteiger charge is -2.28. The van der Waals surface area contributed by atoms with Crippen LogP contribution in [-0.2, 0) is 5.41 Å². The molecule has 0 radical (unpaired) electrons. The number of aromatic nitrogens is 4. The van der Waals surface area contributed by atoms with Crippen LogP contribution in [0.25, 0.3) is 0 Å². The van der Waals surface area contributed by atoms with Crippen LogP contribution in [0.2, 0.25) is 0 Å². The minimum atomic E-state index is -0.850. The van der Waals surface area contributed by atoms with Gasteiger partial charge in [-0.1, -0.05) is 26.0 Å². The zero-order chi connectivity index (χ0) is 35.8. The van der Waals surface area contributed by atoms with Crippen molar-refractivity contribution in [2.75, 3.05) is 0 Å². The number of hydrogen-bond acceptors (Lipinski definition) is 12. The molecule has 0 fully saturated rings. The molecule has 0 amide bonds. The third-order valence-corrected chi connectivity index (χ3v) is 7.81. The molecular weight excluding hydrogens is 652 g/mol. The fourth-order valence-corrected chi connectivity index (χ4v) is 4.88. The van der Waals surface area contributed by atoms with Crippen LogP contribution in [-0.4, -0.2) is 43.8 Å². The van der Waals surface area contributed by atoms with Crippen molar-refractivity contribution >= 4 is 23.9 Å². The molecular formula is C39H28N4O8. The van der Waals surface area contributed by atoms with E-state index in [1.54, 1.807) is 24.3 Å². The van der Waals surface area contributed by atoms with E-state index < -0.39 is 29.3 Å². The van der Waals surface area contributed by atoms with E-state index in [2.05, 4.69) is 19.9 Å². The topological polar surface area (TPSA) is 157 Å². The Balaban J connectivity index is 1.36. The Kier molecular flexibility index (Phi) is 9.94. The second-order valence-corrected chi connectivity index (χ2v) is 11.4. The summed E-state index contributed by atoms with van der Waals surface area (Å²) in [7, 11) is 0. The third kappa shape index (κ3) is 7.98. The number of hydrogen-bond donors (Lipinski definition) is 0. The predicted octanol–water partition coefficient (Wildman–Crippen LogP) is 6.47. The van der Waals surface area contributed by atoms with Gasteiger partial charge in [0, 0.05) is 55.0 Å². The van der Waals surface area contributed by atoms with E-state index in [1.807, 2.05) is 13.8 Å². The average molecular weight is 681 g/mol. The highest BCUT2D eigenvalue weighted by Crippen LogP contribution is 2.41. The van der Waals surface area contributed by atoms with Crippen LogP contribution < -0.4 is 18.9 Å². The molecule has 0 aliphatic heterocycles. The molecule has 0 atom stereocenters. The van der Waals surface area contributed by atoms with Gasteiger partial charge in [-0.05, 0) is 83.9 Å².